The Labute approximate surface area is 145 Å². The van der Waals surface area contributed by atoms with Crippen molar-refractivity contribution in [2.45, 2.75) is 64.3 Å². The van der Waals surface area contributed by atoms with E-state index in [1.165, 1.54) is 0 Å². The lowest BCUT2D eigenvalue weighted by molar-refractivity contribution is -0.135. The molecule has 1 N–H and O–H groups in total. The van der Waals surface area contributed by atoms with Crippen molar-refractivity contribution < 1.29 is 9.59 Å². The summed E-state index contributed by atoms with van der Waals surface area (Å²) in [5, 5.41) is 2.99. The van der Waals surface area contributed by atoms with Gasteiger partial charge < -0.3 is 10.2 Å². The van der Waals surface area contributed by atoms with Gasteiger partial charge in [-0.25, -0.2) is 0 Å². The highest BCUT2D eigenvalue weighted by Gasteiger charge is 2.27. The van der Waals surface area contributed by atoms with Crippen LogP contribution in [0.2, 0.25) is 0 Å². The van der Waals surface area contributed by atoms with Gasteiger partial charge in [0.05, 0.1) is 0 Å². The van der Waals surface area contributed by atoms with Crippen LogP contribution in [0.3, 0.4) is 0 Å². The highest BCUT2D eigenvalue weighted by molar-refractivity contribution is 5.88. The van der Waals surface area contributed by atoms with E-state index < -0.39 is 6.04 Å². The minimum Gasteiger partial charge on any atom is -0.344 e. The van der Waals surface area contributed by atoms with Gasteiger partial charge in [-0.1, -0.05) is 56.5 Å². The smallest absolute Gasteiger partial charge is 0.245 e. The van der Waals surface area contributed by atoms with Gasteiger partial charge >= 0.3 is 0 Å². The molecule has 0 spiro atoms. The molecular formula is C20H30N2O2. The van der Waals surface area contributed by atoms with E-state index >= 15 is 0 Å². The van der Waals surface area contributed by atoms with Crippen molar-refractivity contribution in [3.8, 4) is 0 Å². The zero-order chi connectivity index (χ0) is 17.2. The Balaban J connectivity index is 1.93. The Morgan fingerprint density at radius 3 is 2.46 bits per heavy atom. The fourth-order valence-corrected chi connectivity index (χ4v) is 3.19. The molecule has 0 aromatic heterocycles. The van der Waals surface area contributed by atoms with Crippen molar-refractivity contribution in [1.29, 1.82) is 0 Å². The Hall–Kier alpha value is -1.84. The molecule has 1 aromatic carbocycles. The number of nitrogens with one attached hydrogen (secondary N) is 1. The van der Waals surface area contributed by atoms with Gasteiger partial charge in [-0.2, -0.15) is 0 Å². The lowest BCUT2D eigenvalue weighted by Gasteiger charge is -2.24. The van der Waals surface area contributed by atoms with E-state index in [-0.39, 0.29) is 11.8 Å². The van der Waals surface area contributed by atoms with Gasteiger partial charge in [0.15, 0.2) is 0 Å². The zero-order valence-electron chi connectivity index (χ0n) is 14.8. The molecule has 1 aliphatic heterocycles. The largest absolute Gasteiger partial charge is 0.344 e. The third-order valence-electron chi connectivity index (χ3n) is 4.59. The highest BCUT2D eigenvalue weighted by atomic mass is 16.2. The number of carbonyl (C=O) groups is 2. The topological polar surface area (TPSA) is 49.4 Å². The van der Waals surface area contributed by atoms with E-state index in [1.54, 1.807) is 0 Å². The van der Waals surface area contributed by atoms with E-state index in [1.807, 2.05) is 35.2 Å². The third-order valence-corrected chi connectivity index (χ3v) is 4.59. The average Bonchev–Trinajstić information content (AvgIpc) is 3.13. The molecule has 1 aromatic rings. The number of amides is 2. The van der Waals surface area contributed by atoms with Gasteiger partial charge in [0.2, 0.25) is 11.8 Å². The fraction of sp³-hybridized carbons (Fsp3) is 0.600. The molecule has 4 heteroatoms. The molecule has 1 atom stereocenters. The molecule has 1 unspecified atom stereocenters. The molecule has 1 saturated heterocycles. The second kappa shape index (κ2) is 10.1. The van der Waals surface area contributed by atoms with E-state index in [4.69, 9.17) is 0 Å². The van der Waals surface area contributed by atoms with E-state index in [9.17, 15) is 9.59 Å². The zero-order valence-corrected chi connectivity index (χ0v) is 14.8. The summed E-state index contributed by atoms with van der Waals surface area (Å²) in [6, 6.07) is 9.49. The molecule has 24 heavy (non-hydrogen) atoms. The minimum atomic E-state index is -0.441. The number of benzene rings is 1. The van der Waals surface area contributed by atoms with Crippen LogP contribution < -0.4 is 5.32 Å². The van der Waals surface area contributed by atoms with Crippen LogP contribution >= 0.6 is 0 Å². The molecular weight excluding hydrogens is 300 g/mol. The van der Waals surface area contributed by atoms with Crippen LogP contribution in [-0.2, 0) is 16.0 Å². The molecule has 0 saturated carbocycles. The average molecular weight is 330 g/mol. The molecule has 1 aliphatic rings. The predicted molar refractivity (Wildman–Crippen MR) is 96.6 cm³/mol. The molecule has 1 fully saturated rings. The predicted octanol–water partition coefficient (Wildman–Crippen LogP) is 3.31. The molecule has 0 bridgehead atoms. The summed E-state index contributed by atoms with van der Waals surface area (Å²) in [5.74, 6) is 0.0674. The summed E-state index contributed by atoms with van der Waals surface area (Å²) in [5.41, 5.74) is 1.08. The van der Waals surface area contributed by atoms with E-state index in [2.05, 4.69) is 12.2 Å². The number of unbranched alkanes of at least 4 members (excludes halogenated alkanes) is 3. The maximum Gasteiger partial charge on any atom is 0.245 e. The highest BCUT2D eigenvalue weighted by Crippen LogP contribution is 2.13. The van der Waals surface area contributed by atoms with Crippen LogP contribution in [0.5, 0.6) is 0 Å². The van der Waals surface area contributed by atoms with Gasteiger partial charge in [0.1, 0.15) is 6.04 Å². The van der Waals surface area contributed by atoms with Crippen LogP contribution in [0.25, 0.3) is 0 Å². The van der Waals surface area contributed by atoms with Crippen LogP contribution in [0.1, 0.15) is 57.4 Å². The number of carbonyl (C=O) groups excluding carboxylic acids is 2. The van der Waals surface area contributed by atoms with Crippen molar-refractivity contribution in [3.63, 3.8) is 0 Å². The molecule has 4 nitrogen and oxygen atoms in total. The van der Waals surface area contributed by atoms with Crippen LogP contribution in [-0.4, -0.2) is 35.8 Å². The summed E-state index contributed by atoms with van der Waals surface area (Å²) in [7, 11) is 0. The van der Waals surface area contributed by atoms with Gasteiger partial charge in [-0.15, -0.1) is 0 Å². The van der Waals surface area contributed by atoms with Crippen molar-refractivity contribution >= 4 is 11.8 Å². The van der Waals surface area contributed by atoms with Crippen LogP contribution in [0, 0.1) is 0 Å². The van der Waals surface area contributed by atoms with Crippen molar-refractivity contribution in [3.05, 3.63) is 35.9 Å². The first-order chi connectivity index (χ1) is 11.7. The summed E-state index contributed by atoms with van der Waals surface area (Å²) >= 11 is 0. The number of nitrogens with zero attached hydrogens (tertiary/aromatic N) is 1. The molecule has 2 rings (SSSR count). The van der Waals surface area contributed by atoms with Gasteiger partial charge in [0, 0.05) is 25.9 Å². The fourth-order valence-electron chi connectivity index (χ4n) is 3.19. The van der Waals surface area contributed by atoms with Crippen molar-refractivity contribution in [2.24, 2.45) is 0 Å². The second-order valence-corrected chi connectivity index (χ2v) is 6.65. The first-order valence-electron chi connectivity index (χ1n) is 9.32. The summed E-state index contributed by atoms with van der Waals surface area (Å²) in [6.07, 6.45) is 7.50. The lowest BCUT2D eigenvalue weighted by atomic mass is 10.0. The second-order valence-electron chi connectivity index (χ2n) is 6.65. The van der Waals surface area contributed by atoms with Crippen LogP contribution in [0.4, 0.5) is 0 Å². The number of hydrogen-bond donors (Lipinski definition) is 1. The number of hydrogen-bond acceptors (Lipinski definition) is 2. The van der Waals surface area contributed by atoms with Crippen molar-refractivity contribution in [1.82, 2.24) is 10.2 Å². The Kier molecular flexibility index (Phi) is 7.80. The van der Waals surface area contributed by atoms with Crippen LogP contribution in [0.15, 0.2) is 30.3 Å². The molecule has 132 valence electrons. The number of likely N-dealkylation sites (tertiary alicyclic amines) is 1. The monoisotopic (exact) mass is 330 g/mol. The Bertz CT molecular complexity index is 510. The molecule has 2 amide bonds. The molecule has 0 radical (unpaired) electrons. The van der Waals surface area contributed by atoms with Gasteiger partial charge in [-0.05, 0) is 24.8 Å². The SMILES string of the molecule is CCCCCCC(=O)NC(Cc1ccccc1)C(=O)N1CCCC1. The summed E-state index contributed by atoms with van der Waals surface area (Å²) < 4.78 is 0. The van der Waals surface area contributed by atoms with E-state index in [0.717, 1.165) is 57.2 Å². The van der Waals surface area contributed by atoms with E-state index in [0.29, 0.717) is 12.8 Å². The maximum atomic E-state index is 12.8. The summed E-state index contributed by atoms with van der Waals surface area (Å²) in [4.78, 5) is 26.9. The third kappa shape index (κ3) is 5.99. The normalized spacial score (nSPS) is 15.3. The molecule has 0 aliphatic carbocycles. The van der Waals surface area contributed by atoms with Gasteiger partial charge in [0.25, 0.3) is 0 Å². The quantitative estimate of drug-likeness (QED) is 0.706. The lowest BCUT2D eigenvalue weighted by Crippen LogP contribution is -2.48. The first kappa shape index (κ1) is 18.5. The summed E-state index contributed by atoms with van der Waals surface area (Å²) in [6.45, 7) is 3.79. The minimum absolute atomic E-state index is 0.000388. The number of rotatable bonds is 9. The van der Waals surface area contributed by atoms with Crippen molar-refractivity contribution in [2.75, 3.05) is 13.1 Å². The van der Waals surface area contributed by atoms with Gasteiger partial charge in [-0.3, -0.25) is 9.59 Å². The molecule has 1 heterocycles. The Morgan fingerprint density at radius 2 is 1.79 bits per heavy atom. The standard InChI is InChI=1S/C20H30N2O2/c1-2-3-4-8-13-19(23)21-18(16-17-11-6-5-7-12-17)20(24)22-14-9-10-15-22/h5-7,11-12,18H,2-4,8-10,13-16H2,1H3,(H,21,23). The first-order valence-corrected chi connectivity index (χ1v) is 9.32. The Morgan fingerprint density at radius 1 is 1.08 bits per heavy atom. The maximum absolute atomic E-state index is 12.8.